The van der Waals surface area contributed by atoms with E-state index in [0.717, 1.165) is 0 Å². The summed E-state index contributed by atoms with van der Waals surface area (Å²) >= 11 is 0. The molecule has 1 aromatic heterocycles. The summed E-state index contributed by atoms with van der Waals surface area (Å²) in [6.07, 6.45) is 1.51. The van der Waals surface area contributed by atoms with Gasteiger partial charge < -0.3 is 15.2 Å². The molecular formula is C14H22N2O3. The Morgan fingerprint density at radius 1 is 1.32 bits per heavy atom. The highest BCUT2D eigenvalue weighted by molar-refractivity contribution is 5.98. The molecule has 0 aliphatic heterocycles. The van der Waals surface area contributed by atoms with Gasteiger partial charge in [-0.2, -0.15) is 0 Å². The summed E-state index contributed by atoms with van der Waals surface area (Å²) in [5, 5.41) is 13.0. The molecule has 19 heavy (non-hydrogen) atoms. The molecule has 0 aliphatic rings. The molecule has 5 nitrogen and oxygen atoms in total. The minimum Gasteiger partial charge on any atom is -0.480 e. The van der Waals surface area contributed by atoms with Gasteiger partial charge in [0.15, 0.2) is 0 Å². The highest BCUT2D eigenvalue weighted by atomic mass is 16.5. The zero-order chi connectivity index (χ0) is 14.8. The summed E-state index contributed by atoms with van der Waals surface area (Å²) in [5.74, 6) is -0.101. The number of rotatable bonds is 3. The molecule has 0 atom stereocenters. The van der Waals surface area contributed by atoms with Crippen LogP contribution in [0.5, 0.6) is 5.88 Å². The van der Waals surface area contributed by atoms with Gasteiger partial charge in [-0.3, -0.25) is 4.79 Å². The third kappa shape index (κ3) is 3.92. The summed E-state index contributed by atoms with van der Waals surface area (Å²) in [4.78, 5) is 16.4. The lowest BCUT2D eigenvalue weighted by Gasteiger charge is -2.25. The maximum absolute atomic E-state index is 12.4. The van der Waals surface area contributed by atoms with Gasteiger partial charge in [0.05, 0.1) is 12.7 Å². The summed E-state index contributed by atoms with van der Waals surface area (Å²) in [6.45, 7) is 8.90. The first-order valence-electron chi connectivity index (χ1n) is 6.14. The van der Waals surface area contributed by atoms with Gasteiger partial charge in [0.25, 0.3) is 5.91 Å². The molecule has 5 heteroatoms. The van der Waals surface area contributed by atoms with Crippen LogP contribution >= 0.6 is 0 Å². The predicted octanol–water partition coefficient (Wildman–Crippen LogP) is 1.85. The quantitative estimate of drug-likeness (QED) is 0.875. The number of carbonyl (C=O) groups is 1. The zero-order valence-electron chi connectivity index (χ0n) is 12.4. The monoisotopic (exact) mass is 266 g/mol. The van der Waals surface area contributed by atoms with E-state index >= 15 is 0 Å². The topological polar surface area (TPSA) is 71.5 Å². The van der Waals surface area contributed by atoms with Gasteiger partial charge in [0.1, 0.15) is 5.56 Å². The number of nitrogens with one attached hydrogen (secondary N) is 1. The molecule has 0 fully saturated rings. The average molecular weight is 266 g/mol. The van der Waals surface area contributed by atoms with E-state index in [0.29, 0.717) is 5.56 Å². The average Bonchev–Trinajstić information content (AvgIpc) is 2.24. The second-order valence-electron chi connectivity index (χ2n) is 6.01. The Hall–Kier alpha value is -1.62. The van der Waals surface area contributed by atoms with Crippen molar-refractivity contribution in [3.8, 4) is 5.88 Å². The molecule has 106 valence electrons. The Bertz CT molecular complexity index is 471. The fourth-order valence-corrected chi connectivity index (χ4v) is 1.73. The number of hydrogen-bond acceptors (Lipinski definition) is 4. The van der Waals surface area contributed by atoms with Crippen LogP contribution in [0.15, 0.2) is 12.3 Å². The van der Waals surface area contributed by atoms with E-state index in [1.807, 2.05) is 20.8 Å². The smallest absolute Gasteiger partial charge is 0.257 e. The molecule has 0 unspecified atom stereocenters. The standard InChI is InChI=1S/C14H22N2O3/c1-13(2,3)16-11(17)10-9(14(4,5)18)7-8-15-12(10)19-6/h7-8,18H,1-6H3,(H,16,17). The largest absolute Gasteiger partial charge is 0.480 e. The molecule has 0 saturated heterocycles. The highest BCUT2D eigenvalue weighted by Crippen LogP contribution is 2.28. The van der Waals surface area contributed by atoms with Crippen molar-refractivity contribution in [2.24, 2.45) is 0 Å². The van der Waals surface area contributed by atoms with Gasteiger partial charge in [-0.25, -0.2) is 4.98 Å². The second kappa shape index (κ2) is 5.17. The Balaban J connectivity index is 3.34. The number of ether oxygens (including phenoxy) is 1. The molecule has 1 rings (SSSR count). The summed E-state index contributed by atoms with van der Waals surface area (Å²) in [5.41, 5.74) is -0.774. The number of carbonyl (C=O) groups excluding carboxylic acids is 1. The number of aromatic nitrogens is 1. The van der Waals surface area contributed by atoms with E-state index in [9.17, 15) is 9.90 Å². The van der Waals surface area contributed by atoms with Crippen molar-refractivity contribution < 1.29 is 14.6 Å². The van der Waals surface area contributed by atoms with Crippen molar-refractivity contribution in [2.45, 2.75) is 45.8 Å². The van der Waals surface area contributed by atoms with Gasteiger partial charge in [-0.1, -0.05) is 0 Å². The minimum atomic E-state index is -1.15. The maximum atomic E-state index is 12.4. The van der Waals surface area contributed by atoms with E-state index in [1.54, 1.807) is 19.9 Å². The van der Waals surface area contributed by atoms with E-state index in [4.69, 9.17) is 4.74 Å². The van der Waals surface area contributed by atoms with Crippen LogP contribution in [-0.2, 0) is 5.60 Å². The Morgan fingerprint density at radius 2 is 1.89 bits per heavy atom. The van der Waals surface area contributed by atoms with Gasteiger partial charge in [-0.15, -0.1) is 0 Å². The molecule has 1 aromatic rings. The third-order valence-electron chi connectivity index (χ3n) is 2.48. The van der Waals surface area contributed by atoms with Crippen LogP contribution in [0.25, 0.3) is 0 Å². The van der Waals surface area contributed by atoms with E-state index in [-0.39, 0.29) is 22.9 Å². The maximum Gasteiger partial charge on any atom is 0.257 e. The fourth-order valence-electron chi connectivity index (χ4n) is 1.73. The summed E-state index contributed by atoms with van der Waals surface area (Å²) in [6, 6.07) is 1.63. The van der Waals surface area contributed by atoms with Crippen LogP contribution in [0, 0.1) is 0 Å². The normalized spacial score (nSPS) is 12.2. The molecule has 0 bridgehead atoms. The predicted molar refractivity (Wildman–Crippen MR) is 73.3 cm³/mol. The van der Waals surface area contributed by atoms with Gasteiger partial charge >= 0.3 is 0 Å². The Labute approximate surface area is 114 Å². The van der Waals surface area contributed by atoms with Gasteiger partial charge in [0.2, 0.25) is 5.88 Å². The second-order valence-corrected chi connectivity index (χ2v) is 6.01. The van der Waals surface area contributed by atoms with Crippen LogP contribution in [0.4, 0.5) is 0 Å². The highest BCUT2D eigenvalue weighted by Gasteiger charge is 2.29. The lowest BCUT2D eigenvalue weighted by atomic mass is 9.93. The molecule has 2 N–H and O–H groups in total. The number of nitrogens with zero attached hydrogens (tertiary/aromatic N) is 1. The number of hydrogen-bond donors (Lipinski definition) is 2. The van der Waals surface area contributed by atoms with Crippen LogP contribution in [0.3, 0.4) is 0 Å². The van der Waals surface area contributed by atoms with Crippen LogP contribution in [0.2, 0.25) is 0 Å². The summed E-state index contributed by atoms with van der Waals surface area (Å²) in [7, 11) is 1.45. The zero-order valence-corrected chi connectivity index (χ0v) is 12.4. The van der Waals surface area contributed by atoms with E-state index in [1.165, 1.54) is 13.3 Å². The van der Waals surface area contributed by atoms with Crippen molar-refractivity contribution in [3.05, 3.63) is 23.4 Å². The van der Waals surface area contributed by atoms with E-state index < -0.39 is 5.60 Å². The Morgan fingerprint density at radius 3 is 2.32 bits per heavy atom. The minimum absolute atomic E-state index is 0.210. The first kappa shape index (κ1) is 15.4. The van der Waals surface area contributed by atoms with Crippen molar-refractivity contribution in [3.63, 3.8) is 0 Å². The molecular weight excluding hydrogens is 244 g/mol. The molecule has 1 amide bonds. The number of amides is 1. The number of aliphatic hydroxyl groups is 1. The van der Waals surface area contributed by atoms with Crippen molar-refractivity contribution in [1.82, 2.24) is 10.3 Å². The third-order valence-corrected chi connectivity index (χ3v) is 2.48. The first-order valence-corrected chi connectivity index (χ1v) is 6.14. The number of pyridine rings is 1. The lowest BCUT2D eigenvalue weighted by molar-refractivity contribution is 0.0732. The molecule has 0 aromatic carbocycles. The van der Waals surface area contributed by atoms with Gasteiger partial charge in [-0.05, 0) is 40.7 Å². The van der Waals surface area contributed by atoms with Crippen LogP contribution in [0.1, 0.15) is 50.5 Å². The molecule has 0 radical (unpaired) electrons. The van der Waals surface area contributed by atoms with Crippen LogP contribution in [-0.4, -0.2) is 28.6 Å². The molecule has 0 saturated carbocycles. The van der Waals surface area contributed by atoms with Crippen LogP contribution < -0.4 is 10.1 Å². The van der Waals surface area contributed by atoms with Gasteiger partial charge in [0, 0.05) is 17.3 Å². The molecule has 0 spiro atoms. The first-order chi connectivity index (χ1) is 8.56. The fraction of sp³-hybridized carbons (Fsp3) is 0.571. The number of methoxy groups -OCH3 is 1. The SMILES string of the molecule is COc1nccc(C(C)(C)O)c1C(=O)NC(C)(C)C. The van der Waals surface area contributed by atoms with E-state index in [2.05, 4.69) is 10.3 Å². The van der Waals surface area contributed by atoms with Crippen molar-refractivity contribution in [2.75, 3.05) is 7.11 Å². The molecule has 1 heterocycles. The molecule has 0 aliphatic carbocycles. The van der Waals surface area contributed by atoms with Crippen molar-refractivity contribution in [1.29, 1.82) is 0 Å². The van der Waals surface area contributed by atoms with Crippen molar-refractivity contribution >= 4 is 5.91 Å². The summed E-state index contributed by atoms with van der Waals surface area (Å²) < 4.78 is 5.13. The Kier molecular flexibility index (Phi) is 4.20. The lowest BCUT2D eigenvalue weighted by Crippen LogP contribution is -2.41.